The van der Waals surface area contributed by atoms with Crippen LogP contribution in [0.2, 0.25) is 0 Å². The molecule has 4 heteroatoms. The van der Waals surface area contributed by atoms with Gasteiger partial charge in [0.25, 0.3) is 0 Å². The summed E-state index contributed by atoms with van der Waals surface area (Å²) in [6.07, 6.45) is 4.83. The summed E-state index contributed by atoms with van der Waals surface area (Å²) < 4.78 is 5.11. The molecule has 1 aromatic heterocycles. The van der Waals surface area contributed by atoms with E-state index in [-0.39, 0.29) is 12.1 Å². The van der Waals surface area contributed by atoms with Gasteiger partial charge in [0.15, 0.2) is 0 Å². The molecule has 0 aliphatic rings. The number of carbonyl (C=O) groups is 1. The average Bonchev–Trinajstić information content (AvgIpc) is 2.39. The third-order valence-electron chi connectivity index (χ3n) is 2.32. The number of esters is 1. The van der Waals surface area contributed by atoms with Gasteiger partial charge in [0.05, 0.1) is 23.6 Å². The Morgan fingerprint density at radius 2 is 1.89 bits per heavy atom. The van der Waals surface area contributed by atoms with Gasteiger partial charge in [-0.2, -0.15) is 0 Å². The number of nitrogens with zero attached hydrogens (tertiary/aromatic N) is 2. The van der Waals surface area contributed by atoms with Crippen molar-refractivity contribution in [3.05, 3.63) is 48.4 Å². The highest BCUT2D eigenvalue weighted by Gasteiger charge is 2.09. The first-order valence-corrected chi connectivity index (χ1v) is 5.74. The zero-order valence-corrected chi connectivity index (χ0v) is 10.3. The van der Waals surface area contributed by atoms with Crippen LogP contribution in [0.1, 0.15) is 24.2 Å². The topological polar surface area (TPSA) is 52.1 Å². The maximum Gasteiger partial charge on any atom is 0.338 e. The van der Waals surface area contributed by atoms with E-state index in [0.29, 0.717) is 5.56 Å². The smallest absolute Gasteiger partial charge is 0.338 e. The maximum atomic E-state index is 11.7. The first kappa shape index (κ1) is 12.2. The van der Waals surface area contributed by atoms with Crippen LogP contribution in [0, 0.1) is 0 Å². The van der Waals surface area contributed by atoms with Gasteiger partial charge < -0.3 is 4.74 Å². The molecule has 0 N–H and O–H groups in total. The molecule has 0 spiro atoms. The Kier molecular flexibility index (Phi) is 3.67. The Hall–Kier alpha value is -2.23. The van der Waals surface area contributed by atoms with E-state index in [4.69, 9.17) is 4.74 Å². The second kappa shape index (κ2) is 5.40. The summed E-state index contributed by atoms with van der Waals surface area (Å²) in [4.78, 5) is 19.8. The molecule has 1 aromatic carbocycles. The van der Waals surface area contributed by atoms with Crippen LogP contribution in [-0.2, 0) is 4.74 Å². The molecule has 18 heavy (non-hydrogen) atoms. The third-order valence-corrected chi connectivity index (χ3v) is 2.32. The lowest BCUT2D eigenvalue weighted by molar-refractivity contribution is 0.0378. The lowest BCUT2D eigenvalue weighted by atomic mass is 10.1. The fourth-order valence-electron chi connectivity index (χ4n) is 1.51. The summed E-state index contributed by atoms with van der Waals surface area (Å²) in [5.74, 6) is -0.310. The van der Waals surface area contributed by atoms with Gasteiger partial charge in [0.2, 0.25) is 0 Å². The highest BCUT2D eigenvalue weighted by molar-refractivity contribution is 5.90. The Labute approximate surface area is 106 Å². The van der Waals surface area contributed by atoms with E-state index in [1.165, 1.54) is 0 Å². The summed E-state index contributed by atoms with van der Waals surface area (Å²) in [6, 6.07) is 7.13. The molecule has 0 bridgehead atoms. The van der Waals surface area contributed by atoms with Crippen molar-refractivity contribution in [3.63, 3.8) is 0 Å². The first-order valence-electron chi connectivity index (χ1n) is 5.74. The summed E-state index contributed by atoms with van der Waals surface area (Å²) in [5, 5.41) is 0. The number of carbonyl (C=O) groups excluding carboxylic acids is 1. The van der Waals surface area contributed by atoms with Gasteiger partial charge in [-0.1, -0.05) is 12.1 Å². The van der Waals surface area contributed by atoms with E-state index in [1.54, 1.807) is 30.7 Å². The van der Waals surface area contributed by atoms with Gasteiger partial charge in [0.1, 0.15) is 0 Å². The van der Waals surface area contributed by atoms with Crippen molar-refractivity contribution in [2.24, 2.45) is 0 Å². The molecule has 2 rings (SSSR count). The second-order valence-electron chi connectivity index (χ2n) is 4.12. The highest BCUT2D eigenvalue weighted by atomic mass is 16.5. The van der Waals surface area contributed by atoms with E-state index in [1.807, 2.05) is 26.0 Å². The van der Waals surface area contributed by atoms with E-state index < -0.39 is 0 Å². The zero-order chi connectivity index (χ0) is 13.0. The molecule has 0 saturated carbocycles. The molecule has 0 radical (unpaired) electrons. The number of hydrogen-bond donors (Lipinski definition) is 0. The largest absolute Gasteiger partial charge is 0.459 e. The van der Waals surface area contributed by atoms with Crippen molar-refractivity contribution in [2.45, 2.75) is 20.0 Å². The molecule has 0 aliphatic carbocycles. The van der Waals surface area contributed by atoms with Gasteiger partial charge in [-0.3, -0.25) is 9.97 Å². The first-order chi connectivity index (χ1) is 8.66. The van der Waals surface area contributed by atoms with Crippen LogP contribution in [0.5, 0.6) is 0 Å². The van der Waals surface area contributed by atoms with Gasteiger partial charge in [-0.25, -0.2) is 4.79 Å². The predicted molar refractivity (Wildman–Crippen MR) is 68.0 cm³/mol. The van der Waals surface area contributed by atoms with Gasteiger partial charge >= 0.3 is 5.97 Å². The number of ether oxygens (including phenoxy) is 1. The van der Waals surface area contributed by atoms with Crippen molar-refractivity contribution < 1.29 is 9.53 Å². The fraction of sp³-hybridized carbons (Fsp3) is 0.214. The molecule has 0 unspecified atom stereocenters. The van der Waals surface area contributed by atoms with Gasteiger partial charge in [0, 0.05) is 18.0 Å². The van der Waals surface area contributed by atoms with Crippen LogP contribution in [-0.4, -0.2) is 22.0 Å². The van der Waals surface area contributed by atoms with Crippen LogP contribution in [0.3, 0.4) is 0 Å². The van der Waals surface area contributed by atoms with Crippen LogP contribution >= 0.6 is 0 Å². The van der Waals surface area contributed by atoms with Gasteiger partial charge in [-0.05, 0) is 26.0 Å². The molecule has 0 fully saturated rings. The number of rotatable bonds is 3. The maximum absolute atomic E-state index is 11.7. The molecule has 0 saturated heterocycles. The summed E-state index contributed by atoms with van der Waals surface area (Å²) >= 11 is 0. The summed E-state index contributed by atoms with van der Waals surface area (Å²) in [6.45, 7) is 3.65. The Balaban J connectivity index is 2.18. The normalized spacial score (nSPS) is 10.4. The fourth-order valence-corrected chi connectivity index (χ4v) is 1.51. The number of hydrogen-bond acceptors (Lipinski definition) is 4. The van der Waals surface area contributed by atoms with Crippen LogP contribution in [0.25, 0.3) is 11.3 Å². The molecule has 92 valence electrons. The molecule has 2 aromatic rings. The second-order valence-corrected chi connectivity index (χ2v) is 4.12. The van der Waals surface area contributed by atoms with Gasteiger partial charge in [-0.15, -0.1) is 0 Å². The minimum absolute atomic E-state index is 0.114. The van der Waals surface area contributed by atoms with E-state index in [2.05, 4.69) is 9.97 Å². The van der Waals surface area contributed by atoms with E-state index in [0.717, 1.165) is 11.3 Å². The lowest BCUT2D eigenvalue weighted by Crippen LogP contribution is -2.11. The van der Waals surface area contributed by atoms with E-state index in [9.17, 15) is 4.79 Å². The predicted octanol–water partition coefficient (Wildman–Crippen LogP) is 2.71. The Morgan fingerprint density at radius 3 is 2.44 bits per heavy atom. The minimum Gasteiger partial charge on any atom is -0.459 e. The van der Waals surface area contributed by atoms with E-state index >= 15 is 0 Å². The van der Waals surface area contributed by atoms with Crippen molar-refractivity contribution in [1.82, 2.24) is 9.97 Å². The monoisotopic (exact) mass is 242 g/mol. The van der Waals surface area contributed by atoms with Crippen molar-refractivity contribution in [1.29, 1.82) is 0 Å². The summed E-state index contributed by atoms with van der Waals surface area (Å²) in [7, 11) is 0. The SMILES string of the molecule is CC(C)OC(=O)c1ccc(-c2cnccn2)cc1. The lowest BCUT2D eigenvalue weighted by Gasteiger charge is -2.08. The van der Waals surface area contributed by atoms with Crippen LogP contribution in [0.4, 0.5) is 0 Å². The molecule has 1 heterocycles. The molecule has 0 aliphatic heterocycles. The molecule has 0 atom stereocenters. The molecule has 0 amide bonds. The standard InChI is InChI=1S/C14H14N2O2/c1-10(2)18-14(17)12-5-3-11(4-6-12)13-9-15-7-8-16-13/h3-10H,1-2H3. The van der Waals surface area contributed by atoms with Crippen LogP contribution < -0.4 is 0 Å². The Morgan fingerprint density at radius 1 is 1.17 bits per heavy atom. The van der Waals surface area contributed by atoms with Crippen molar-refractivity contribution in [2.75, 3.05) is 0 Å². The highest BCUT2D eigenvalue weighted by Crippen LogP contribution is 2.16. The average molecular weight is 242 g/mol. The quantitative estimate of drug-likeness (QED) is 0.776. The molecular weight excluding hydrogens is 228 g/mol. The number of benzene rings is 1. The van der Waals surface area contributed by atoms with Crippen molar-refractivity contribution in [3.8, 4) is 11.3 Å². The summed E-state index contributed by atoms with van der Waals surface area (Å²) in [5.41, 5.74) is 2.24. The Bertz CT molecular complexity index is 521. The third kappa shape index (κ3) is 2.91. The molecule has 4 nitrogen and oxygen atoms in total. The number of aromatic nitrogens is 2. The van der Waals surface area contributed by atoms with Crippen LogP contribution in [0.15, 0.2) is 42.9 Å². The molecular formula is C14H14N2O2. The minimum atomic E-state index is -0.310. The van der Waals surface area contributed by atoms with Crippen molar-refractivity contribution >= 4 is 5.97 Å². The zero-order valence-electron chi connectivity index (χ0n) is 10.3.